The first-order valence-corrected chi connectivity index (χ1v) is 9.40. The van der Waals surface area contributed by atoms with Crippen LogP contribution in [0, 0.1) is 20.8 Å². The highest BCUT2D eigenvalue weighted by Gasteiger charge is 2.21. The van der Waals surface area contributed by atoms with E-state index in [4.69, 9.17) is 0 Å². The van der Waals surface area contributed by atoms with Gasteiger partial charge in [0, 0.05) is 38.4 Å². The number of carbonyl (C=O) groups is 1. The van der Waals surface area contributed by atoms with Gasteiger partial charge in [0.05, 0.1) is 6.54 Å². The number of hydrogen-bond acceptors (Lipinski definition) is 3. The summed E-state index contributed by atoms with van der Waals surface area (Å²) in [4.78, 5) is 16.8. The molecule has 0 atom stereocenters. The maximum absolute atomic E-state index is 12.5. The first-order valence-electron chi connectivity index (χ1n) is 9.40. The summed E-state index contributed by atoms with van der Waals surface area (Å²) >= 11 is 0. The third-order valence-electron chi connectivity index (χ3n) is 5.28. The van der Waals surface area contributed by atoms with E-state index in [1.807, 2.05) is 4.90 Å². The Morgan fingerprint density at radius 3 is 2.35 bits per heavy atom. The minimum atomic E-state index is 0.192. The van der Waals surface area contributed by atoms with Crippen molar-refractivity contribution in [3.8, 4) is 0 Å². The van der Waals surface area contributed by atoms with Crippen LogP contribution < -0.4 is 10.2 Å². The highest BCUT2D eigenvalue weighted by molar-refractivity contribution is 5.78. The van der Waals surface area contributed by atoms with E-state index in [0.29, 0.717) is 6.54 Å². The molecule has 1 aliphatic rings. The molecular weight excluding hydrogens is 322 g/mol. The van der Waals surface area contributed by atoms with Gasteiger partial charge in [0.1, 0.15) is 0 Å². The molecule has 1 fully saturated rings. The van der Waals surface area contributed by atoms with E-state index in [2.05, 4.69) is 73.5 Å². The maximum atomic E-state index is 12.5. The molecule has 0 aromatic heterocycles. The third-order valence-corrected chi connectivity index (χ3v) is 5.28. The summed E-state index contributed by atoms with van der Waals surface area (Å²) in [6, 6.07) is 14.9. The van der Waals surface area contributed by atoms with Crippen molar-refractivity contribution >= 4 is 11.6 Å². The van der Waals surface area contributed by atoms with Crippen LogP contribution in [-0.2, 0) is 11.3 Å². The van der Waals surface area contributed by atoms with Gasteiger partial charge in [-0.25, -0.2) is 0 Å². The SMILES string of the molecule is Cc1ccc(CNCC(=O)N2CCN(c3cccc(C)c3C)CC2)cc1. The molecule has 1 aliphatic heterocycles. The summed E-state index contributed by atoms with van der Waals surface area (Å²) in [6.07, 6.45) is 0. The fraction of sp³-hybridized carbons (Fsp3) is 0.409. The highest BCUT2D eigenvalue weighted by atomic mass is 16.2. The molecule has 26 heavy (non-hydrogen) atoms. The van der Waals surface area contributed by atoms with Crippen LogP contribution in [0.3, 0.4) is 0 Å². The standard InChI is InChI=1S/C22H29N3O/c1-17-7-9-20(10-8-17)15-23-16-22(26)25-13-11-24(12-14-25)21-6-4-5-18(2)19(21)3/h4-10,23H,11-16H2,1-3H3. The van der Waals surface area contributed by atoms with Crippen molar-refractivity contribution in [3.05, 3.63) is 64.7 Å². The Kier molecular flexibility index (Phi) is 5.94. The first-order chi connectivity index (χ1) is 12.5. The summed E-state index contributed by atoms with van der Waals surface area (Å²) < 4.78 is 0. The molecular formula is C22H29N3O. The molecule has 0 radical (unpaired) electrons. The Hall–Kier alpha value is -2.33. The average molecular weight is 351 g/mol. The molecule has 3 rings (SSSR count). The summed E-state index contributed by atoms with van der Waals surface area (Å²) in [5, 5.41) is 3.27. The molecule has 0 spiro atoms. The lowest BCUT2D eigenvalue weighted by atomic mass is 10.1. The van der Waals surface area contributed by atoms with Crippen molar-refractivity contribution in [1.29, 1.82) is 0 Å². The molecule has 0 bridgehead atoms. The van der Waals surface area contributed by atoms with Crippen LogP contribution in [0.5, 0.6) is 0 Å². The quantitative estimate of drug-likeness (QED) is 0.899. The third kappa shape index (κ3) is 4.44. The van der Waals surface area contributed by atoms with Gasteiger partial charge in [0.15, 0.2) is 0 Å². The zero-order valence-electron chi connectivity index (χ0n) is 16.1. The second-order valence-corrected chi connectivity index (χ2v) is 7.18. The summed E-state index contributed by atoms with van der Waals surface area (Å²) in [6.45, 7) is 10.9. The van der Waals surface area contributed by atoms with Crippen LogP contribution in [0.15, 0.2) is 42.5 Å². The Bertz CT molecular complexity index is 746. The molecule has 2 aromatic carbocycles. The van der Waals surface area contributed by atoms with Gasteiger partial charge >= 0.3 is 0 Å². The van der Waals surface area contributed by atoms with Crippen LogP contribution in [0.1, 0.15) is 22.3 Å². The van der Waals surface area contributed by atoms with Gasteiger partial charge in [0.2, 0.25) is 5.91 Å². The van der Waals surface area contributed by atoms with E-state index >= 15 is 0 Å². The number of rotatable bonds is 5. The lowest BCUT2D eigenvalue weighted by Crippen LogP contribution is -2.51. The van der Waals surface area contributed by atoms with Crippen molar-refractivity contribution in [2.24, 2.45) is 0 Å². The molecule has 0 unspecified atom stereocenters. The number of aryl methyl sites for hydroxylation is 2. The van der Waals surface area contributed by atoms with Gasteiger partial charge < -0.3 is 15.1 Å². The van der Waals surface area contributed by atoms with Gasteiger partial charge in [0.25, 0.3) is 0 Å². The average Bonchev–Trinajstić information content (AvgIpc) is 2.66. The Labute approximate surface area is 156 Å². The molecule has 1 amide bonds. The summed E-state index contributed by atoms with van der Waals surface area (Å²) in [5.74, 6) is 0.192. The number of nitrogens with one attached hydrogen (secondary N) is 1. The van der Waals surface area contributed by atoms with E-state index in [0.717, 1.165) is 32.7 Å². The van der Waals surface area contributed by atoms with Crippen LogP contribution in [0.25, 0.3) is 0 Å². The molecule has 1 N–H and O–H groups in total. The smallest absolute Gasteiger partial charge is 0.236 e. The van der Waals surface area contributed by atoms with E-state index < -0.39 is 0 Å². The minimum absolute atomic E-state index is 0.192. The van der Waals surface area contributed by atoms with Crippen molar-refractivity contribution in [1.82, 2.24) is 10.2 Å². The lowest BCUT2D eigenvalue weighted by molar-refractivity contribution is -0.130. The van der Waals surface area contributed by atoms with Gasteiger partial charge in [-0.05, 0) is 43.5 Å². The number of anilines is 1. The molecule has 4 heteroatoms. The predicted molar refractivity (Wildman–Crippen MR) is 108 cm³/mol. The second-order valence-electron chi connectivity index (χ2n) is 7.18. The predicted octanol–water partition coefficient (Wildman–Crippen LogP) is 3.05. The van der Waals surface area contributed by atoms with Gasteiger partial charge in [-0.1, -0.05) is 42.0 Å². The monoisotopic (exact) mass is 351 g/mol. The van der Waals surface area contributed by atoms with Crippen LogP contribution in [0.2, 0.25) is 0 Å². The molecule has 138 valence electrons. The molecule has 0 saturated carbocycles. The summed E-state index contributed by atoms with van der Waals surface area (Å²) in [5.41, 5.74) is 6.43. The van der Waals surface area contributed by atoms with Gasteiger partial charge in [-0.3, -0.25) is 4.79 Å². The van der Waals surface area contributed by atoms with Crippen molar-refractivity contribution in [3.63, 3.8) is 0 Å². The number of nitrogens with zero attached hydrogens (tertiary/aromatic N) is 2. The number of hydrogen-bond donors (Lipinski definition) is 1. The Balaban J connectivity index is 1.46. The minimum Gasteiger partial charge on any atom is -0.368 e. The molecule has 4 nitrogen and oxygen atoms in total. The zero-order chi connectivity index (χ0) is 18.5. The molecule has 2 aromatic rings. The lowest BCUT2D eigenvalue weighted by Gasteiger charge is -2.37. The van der Waals surface area contributed by atoms with Crippen LogP contribution >= 0.6 is 0 Å². The largest absolute Gasteiger partial charge is 0.368 e. The van der Waals surface area contributed by atoms with Gasteiger partial charge in [-0.15, -0.1) is 0 Å². The highest BCUT2D eigenvalue weighted by Crippen LogP contribution is 2.23. The number of amides is 1. The van der Waals surface area contributed by atoms with Gasteiger partial charge in [-0.2, -0.15) is 0 Å². The first kappa shape index (κ1) is 18.5. The summed E-state index contributed by atoms with van der Waals surface area (Å²) in [7, 11) is 0. The molecule has 1 saturated heterocycles. The van der Waals surface area contributed by atoms with E-state index in [1.54, 1.807) is 0 Å². The molecule has 1 heterocycles. The Morgan fingerprint density at radius 2 is 1.65 bits per heavy atom. The Morgan fingerprint density at radius 1 is 0.962 bits per heavy atom. The molecule has 0 aliphatic carbocycles. The van der Waals surface area contributed by atoms with E-state index in [-0.39, 0.29) is 5.91 Å². The van der Waals surface area contributed by atoms with Crippen molar-refractivity contribution in [2.45, 2.75) is 27.3 Å². The van der Waals surface area contributed by atoms with Crippen molar-refractivity contribution < 1.29 is 4.79 Å². The van der Waals surface area contributed by atoms with E-state index in [1.165, 1.54) is 27.9 Å². The van der Waals surface area contributed by atoms with E-state index in [9.17, 15) is 4.79 Å². The topological polar surface area (TPSA) is 35.6 Å². The number of piperazine rings is 1. The number of carbonyl (C=O) groups excluding carboxylic acids is 1. The fourth-order valence-electron chi connectivity index (χ4n) is 3.41. The fourth-order valence-corrected chi connectivity index (χ4v) is 3.41. The maximum Gasteiger partial charge on any atom is 0.236 e. The van der Waals surface area contributed by atoms with Crippen LogP contribution in [-0.4, -0.2) is 43.5 Å². The van der Waals surface area contributed by atoms with Crippen LogP contribution in [0.4, 0.5) is 5.69 Å². The van der Waals surface area contributed by atoms with Crippen molar-refractivity contribution in [2.75, 3.05) is 37.6 Å². The second kappa shape index (κ2) is 8.37. The normalized spacial score (nSPS) is 14.6. The zero-order valence-corrected chi connectivity index (χ0v) is 16.1. The number of benzene rings is 2.